The van der Waals surface area contributed by atoms with E-state index in [1.165, 1.54) is 0 Å². The number of nitrogen functional groups attached to an aromatic ring is 1. The molecular formula is C20H24BrN5O2. The molecule has 0 saturated carbocycles. The molecule has 0 aliphatic heterocycles. The number of nitrogens with zero attached hydrogens (tertiary/aromatic N) is 4. The number of halogens is 1. The Labute approximate surface area is 172 Å². The van der Waals surface area contributed by atoms with Crippen LogP contribution in [0.1, 0.15) is 40.0 Å². The first-order valence-electron chi connectivity index (χ1n) is 9.18. The van der Waals surface area contributed by atoms with Crippen molar-refractivity contribution in [2.45, 2.75) is 52.2 Å². The lowest BCUT2D eigenvalue weighted by atomic mass is 10.1. The number of aromatic nitrogens is 4. The van der Waals surface area contributed by atoms with E-state index in [2.05, 4.69) is 35.4 Å². The predicted molar refractivity (Wildman–Crippen MR) is 113 cm³/mol. The standard InChI is InChI=1S/C20H24BrN5O2/c1-20(2,3)28-18(27)6-4-5-9-26-12-14(15-7-8-23-19(22)25-15)13-10-17(21)24-11-16(13)26/h7-8,10-12H,4-6,9H2,1-3H3,(H2,22,23,25). The van der Waals surface area contributed by atoms with Crippen LogP contribution in [-0.4, -0.2) is 31.1 Å². The molecule has 8 heteroatoms. The van der Waals surface area contributed by atoms with Crippen molar-refractivity contribution in [3.8, 4) is 11.3 Å². The molecule has 0 radical (unpaired) electrons. The summed E-state index contributed by atoms with van der Waals surface area (Å²) in [4.78, 5) is 24.5. The van der Waals surface area contributed by atoms with Crippen molar-refractivity contribution in [3.63, 3.8) is 0 Å². The molecule has 0 bridgehead atoms. The fourth-order valence-corrected chi connectivity index (χ4v) is 3.35. The van der Waals surface area contributed by atoms with Gasteiger partial charge in [-0.15, -0.1) is 0 Å². The highest BCUT2D eigenvalue weighted by atomic mass is 79.9. The van der Waals surface area contributed by atoms with Gasteiger partial charge in [-0.1, -0.05) is 0 Å². The SMILES string of the molecule is CC(C)(C)OC(=O)CCCCn1cc(-c2ccnc(N)n2)c2cc(Br)ncc21. The largest absolute Gasteiger partial charge is 0.460 e. The first-order valence-corrected chi connectivity index (χ1v) is 9.97. The lowest BCUT2D eigenvalue weighted by molar-refractivity contribution is -0.154. The van der Waals surface area contributed by atoms with Gasteiger partial charge in [0, 0.05) is 36.3 Å². The third-order valence-electron chi connectivity index (χ3n) is 4.13. The molecule has 7 nitrogen and oxygen atoms in total. The molecule has 28 heavy (non-hydrogen) atoms. The number of anilines is 1. The number of hydrogen-bond donors (Lipinski definition) is 1. The summed E-state index contributed by atoms with van der Waals surface area (Å²) in [5.41, 5.74) is 8.05. The summed E-state index contributed by atoms with van der Waals surface area (Å²) in [5.74, 6) is 0.0801. The van der Waals surface area contributed by atoms with E-state index in [0.29, 0.717) is 6.42 Å². The van der Waals surface area contributed by atoms with E-state index < -0.39 is 5.60 Å². The van der Waals surface area contributed by atoms with Crippen molar-refractivity contribution in [3.05, 3.63) is 35.3 Å². The van der Waals surface area contributed by atoms with Gasteiger partial charge in [-0.3, -0.25) is 4.79 Å². The quantitative estimate of drug-likeness (QED) is 0.344. The van der Waals surface area contributed by atoms with Crippen molar-refractivity contribution < 1.29 is 9.53 Å². The zero-order valence-corrected chi connectivity index (χ0v) is 17.9. The summed E-state index contributed by atoms with van der Waals surface area (Å²) in [7, 11) is 0. The first-order chi connectivity index (χ1) is 13.2. The number of fused-ring (bicyclic) bond motifs is 1. The van der Waals surface area contributed by atoms with Crippen molar-refractivity contribution in [1.82, 2.24) is 19.5 Å². The second-order valence-electron chi connectivity index (χ2n) is 7.60. The molecule has 0 saturated heterocycles. The molecule has 3 aromatic rings. The van der Waals surface area contributed by atoms with Crippen LogP contribution in [0.25, 0.3) is 22.2 Å². The number of pyridine rings is 1. The lowest BCUT2D eigenvalue weighted by Gasteiger charge is -2.19. The van der Waals surface area contributed by atoms with Gasteiger partial charge in [0.15, 0.2) is 0 Å². The zero-order chi connectivity index (χ0) is 20.3. The van der Waals surface area contributed by atoms with E-state index in [1.807, 2.05) is 45.3 Å². The highest BCUT2D eigenvalue weighted by Gasteiger charge is 2.16. The van der Waals surface area contributed by atoms with Gasteiger partial charge in [-0.2, -0.15) is 0 Å². The average molecular weight is 446 g/mol. The number of carbonyl (C=O) groups excluding carboxylic acids is 1. The third-order valence-corrected chi connectivity index (χ3v) is 4.57. The molecule has 3 heterocycles. The number of aryl methyl sites for hydroxylation is 1. The minimum absolute atomic E-state index is 0.160. The molecule has 2 N–H and O–H groups in total. The van der Waals surface area contributed by atoms with E-state index in [0.717, 1.165) is 46.1 Å². The number of hydrogen-bond acceptors (Lipinski definition) is 6. The second kappa shape index (κ2) is 8.26. The molecular weight excluding hydrogens is 422 g/mol. The number of unbranched alkanes of at least 4 members (excludes halogenated alkanes) is 1. The van der Waals surface area contributed by atoms with Gasteiger partial charge in [-0.25, -0.2) is 15.0 Å². The average Bonchev–Trinajstić information content (AvgIpc) is 2.95. The van der Waals surface area contributed by atoms with Crippen LogP contribution >= 0.6 is 15.9 Å². The molecule has 0 aliphatic carbocycles. The van der Waals surface area contributed by atoms with Crippen molar-refractivity contribution in [2.75, 3.05) is 5.73 Å². The Morgan fingerprint density at radius 1 is 1.29 bits per heavy atom. The molecule has 0 atom stereocenters. The smallest absolute Gasteiger partial charge is 0.306 e. The van der Waals surface area contributed by atoms with Crippen molar-refractivity contribution in [1.29, 1.82) is 0 Å². The van der Waals surface area contributed by atoms with Gasteiger partial charge >= 0.3 is 5.97 Å². The Kier molecular flexibility index (Phi) is 5.98. The summed E-state index contributed by atoms with van der Waals surface area (Å²) in [6, 6.07) is 3.81. The predicted octanol–water partition coefficient (Wildman–Crippen LogP) is 4.35. The van der Waals surface area contributed by atoms with Gasteiger partial charge in [0.05, 0.1) is 17.4 Å². The van der Waals surface area contributed by atoms with E-state index in [4.69, 9.17) is 10.5 Å². The van der Waals surface area contributed by atoms with Gasteiger partial charge in [0.25, 0.3) is 0 Å². The molecule has 0 aliphatic rings. The number of rotatable bonds is 6. The Hall–Kier alpha value is -2.48. The fraction of sp³-hybridized carbons (Fsp3) is 0.400. The van der Waals surface area contributed by atoms with Gasteiger partial charge in [0.2, 0.25) is 5.95 Å². The Balaban J connectivity index is 1.76. The van der Waals surface area contributed by atoms with Crippen LogP contribution in [0, 0.1) is 0 Å². The van der Waals surface area contributed by atoms with Gasteiger partial charge in [-0.05, 0) is 61.7 Å². The van der Waals surface area contributed by atoms with Crippen LogP contribution in [0.5, 0.6) is 0 Å². The summed E-state index contributed by atoms with van der Waals surface area (Å²) in [6.07, 6.45) is 7.56. The Morgan fingerprint density at radius 2 is 2.07 bits per heavy atom. The molecule has 0 unspecified atom stereocenters. The molecule has 0 fully saturated rings. The fourth-order valence-electron chi connectivity index (χ4n) is 3.02. The highest BCUT2D eigenvalue weighted by Crippen LogP contribution is 2.31. The summed E-state index contributed by atoms with van der Waals surface area (Å²) in [6.45, 7) is 6.40. The minimum Gasteiger partial charge on any atom is -0.460 e. The highest BCUT2D eigenvalue weighted by molar-refractivity contribution is 9.10. The maximum absolute atomic E-state index is 11.9. The first kappa shape index (κ1) is 20.3. The van der Waals surface area contributed by atoms with E-state index in [1.54, 1.807) is 6.20 Å². The summed E-state index contributed by atoms with van der Waals surface area (Å²) < 4.78 is 8.25. The summed E-state index contributed by atoms with van der Waals surface area (Å²) in [5, 5.41) is 1.03. The molecule has 0 spiro atoms. The van der Waals surface area contributed by atoms with Crippen LogP contribution < -0.4 is 5.73 Å². The van der Waals surface area contributed by atoms with Crippen LogP contribution in [0.3, 0.4) is 0 Å². The second-order valence-corrected chi connectivity index (χ2v) is 8.42. The summed E-state index contributed by atoms with van der Waals surface area (Å²) >= 11 is 3.44. The molecule has 148 valence electrons. The van der Waals surface area contributed by atoms with Crippen LogP contribution in [-0.2, 0) is 16.1 Å². The molecule has 0 amide bonds. The van der Waals surface area contributed by atoms with Gasteiger partial charge < -0.3 is 15.0 Å². The molecule has 3 rings (SSSR count). The zero-order valence-electron chi connectivity index (χ0n) is 16.3. The van der Waals surface area contributed by atoms with Crippen LogP contribution in [0.15, 0.2) is 35.3 Å². The Bertz CT molecular complexity index is 994. The van der Waals surface area contributed by atoms with Crippen LogP contribution in [0.2, 0.25) is 0 Å². The lowest BCUT2D eigenvalue weighted by Crippen LogP contribution is -2.23. The van der Waals surface area contributed by atoms with E-state index in [9.17, 15) is 4.79 Å². The normalized spacial score (nSPS) is 11.7. The topological polar surface area (TPSA) is 95.9 Å². The van der Waals surface area contributed by atoms with Crippen molar-refractivity contribution >= 4 is 38.8 Å². The monoisotopic (exact) mass is 445 g/mol. The molecule has 3 aromatic heterocycles. The maximum atomic E-state index is 11.9. The third kappa shape index (κ3) is 5.07. The Morgan fingerprint density at radius 3 is 2.79 bits per heavy atom. The number of nitrogens with two attached hydrogens (primary N) is 1. The minimum atomic E-state index is -0.443. The van der Waals surface area contributed by atoms with Crippen molar-refractivity contribution in [2.24, 2.45) is 0 Å². The maximum Gasteiger partial charge on any atom is 0.306 e. The van der Waals surface area contributed by atoms with E-state index >= 15 is 0 Å². The number of ether oxygens (including phenoxy) is 1. The number of carbonyl (C=O) groups is 1. The van der Waals surface area contributed by atoms with E-state index in [-0.39, 0.29) is 11.9 Å². The molecule has 0 aromatic carbocycles. The number of esters is 1. The van der Waals surface area contributed by atoms with Crippen LogP contribution in [0.4, 0.5) is 5.95 Å². The van der Waals surface area contributed by atoms with Gasteiger partial charge in [0.1, 0.15) is 10.2 Å².